The smallest absolute Gasteiger partial charge is 0.289 e. The minimum absolute atomic E-state index is 0.0413. The third kappa shape index (κ3) is 2.68. The molecule has 21 heavy (non-hydrogen) atoms. The summed E-state index contributed by atoms with van der Waals surface area (Å²) in [6.07, 6.45) is 2.70. The number of aromatic amines is 1. The van der Waals surface area contributed by atoms with Crippen LogP contribution in [-0.4, -0.2) is 44.5 Å². The summed E-state index contributed by atoms with van der Waals surface area (Å²) < 4.78 is 5.66. The highest BCUT2D eigenvalue weighted by Gasteiger charge is 2.30. The van der Waals surface area contributed by atoms with E-state index < -0.39 is 0 Å². The summed E-state index contributed by atoms with van der Waals surface area (Å²) >= 11 is 0. The summed E-state index contributed by atoms with van der Waals surface area (Å²) in [5.74, 6) is 2.09. The molecule has 1 amide bonds. The van der Waals surface area contributed by atoms with Crippen LogP contribution in [0.2, 0.25) is 0 Å². The lowest BCUT2D eigenvalue weighted by molar-refractivity contribution is 0.0669. The van der Waals surface area contributed by atoms with Crippen molar-refractivity contribution in [1.29, 1.82) is 0 Å². The number of aromatic nitrogens is 4. The third-order valence-electron chi connectivity index (χ3n) is 3.95. The quantitative estimate of drug-likeness (QED) is 0.928. The molecule has 1 aliphatic heterocycles. The molecular formula is C14H19N5O2. The van der Waals surface area contributed by atoms with Gasteiger partial charge in [0.1, 0.15) is 5.76 Å². The van der Waals surface area contributed by atoms with Gasteiger partial charge in [-0.05, 0) is 25.8 Å². The lowest BCUT2D eigenvalue weighted by Crippen LogP contribution is -2.39. The van der Waals surface area contributed by atoms with Gasteiger partial charge < -0.3 is 9.32 Å². The number of carbonyl (C=O) groups is 1. The predicted octanol–water partition coefficient (Wildman–Crippen LogP) is 1.68. The van der Waals surface area contributed by atoms with E-state index in [2.05, 4.69) is 20.6 Å². The maximum atomic E-state index is 12.6. The highest BCUT2D eigenvalue weighted by molar-refractivity contribution is 5.93. The summed E-state index contributed by atoms with van der Waals surface area (Å²) in [6, 6.07) is 1.94. The van der Waals surface area contributed by atoms with Crippen LogP contribution < -0.4 is 0 Å². The van der Waals surface area contributed by atoms with Gasteiger partial charge in [0.15, 0.2) is 11.6 Å². The van der Waals surface area contributed by atoms with Crippen molar-refractivity contribution in [3.63, 3.8) is 0 Å². The summed E-state index contributed by atoms with van der Waals surface area (Å²) in [5.41, 5.74) is 0.901. The number of hydrogen-bond donors (Lipinski definition) is 1. The second-order valence-electron chi connectivity index (χ2n) is 5.44. The molecule has 1 aliphatic rings. The number of nitrogens with one attached hydrogen (secondary N) is 1. The molecule has 1 fully saturated rings. The Morgan fingerprint density at radius 3 is 3.10 bits per heavy atom. The molecule has 0 radical (unpaired) electrons. The minimum Gasteiger partial charge on any atom is -0.456 e. The van der Waals surface area contributed by atoms with Gasteiger partial charge in [-0.3, -0.25) is 4.79 Å². The van der Waals surface area contributed by atoms with Crippen LogP contribution in [0.25, 0.3) is 0 Å². The fourth-order valence-electron chi connectivity index (χ4n) is 2.79. The monoisotopic (exact) mass is 289 g/mol. The Labute approximate surface area is 122 Å². The molecule has 3 rings (SSSR count). The Hall–Kier alpha value is -2.18. The van der Waals surface area contributed by atoms with E-state index in [-0.39, 0.29) is 11.8 Å². The van der Waals surface area contributed by atoms with E-state index in [4.69, 9.17) is 4.42 Å². The van der Waals surface area contributed by atoms with Gasteiger partial charge in [-0.15, -0.1) is 10.2 Å². The first kappa shape index (κ1) is 13.8. The van der Waals surface area contributed by atoms with Gasteiger partial charge in [0.05, 0.1) is 0 Å². The van der Waals surface area contributed by atoms with Gasteiger partial charge >= 0.3 is 0 Å². The van der Waals surface area contributed by atoms with Crippen LogP contribution in [0.3, 0.4) is 0 Å². The van der Waals surface area contributed by atoms with E-state index in [1.54, 1.807) is 0 Å². The second kappa shape index (κ2) is 5.67. The number of likely N-dealkylation sites (tertiary alicyclic amines) is 1. The van der Waals surface area contributed by atoms with Crippen molar-refractivity contribution in [2.45, 2.75) is 39.0 Å². The Morgan fingerprint density at radius 1 is 1.57 bits per heavy atom. The Bertz CT molecular complexity index is 619. The molecule has 1 saturated heterocycles. The molecule has 112 valence electrons. The number of carbonyl (C=O) groups excluding carboxylic acids is 1. The predicted molar refractivity (Wildman–Crippen MR) is 74.9 cm³/mol. The lowest BCUT2D eigenvalue weighted by atomic mass is 9.97. The molecule has 0 spiro atoms. The van der Waals surface area contributed by atoms with E-state index in [1.165, 1.54) is 0 Å². The molecule has 1 atom stereocenters. The molecule has 0 aliphatic carbocycles. The number of rotatable bonds is 3. The van der Waals surface area contributed by atoms with E-state index in [0.717, 1.165) is 37.1 Å². The number of nitrogens with zero attached hydrogens (tertiary/aromatic N) is 4. The van der Waals surface area contributed by atoms with Crippen LogP contribution >= 0.6 is 0 Å². The van der Waals surface area contributed by atoms with Gasteiger partial charge in [0, 0.05) is 31.0 Å². The van der Waals surface area contributed by atoms with Crippen molar-refractivity contribution in [2.75, 3.05) is 13.1 Å². The number of furan rings is 1. The number of hydrogen-bond acceptors (Lipinski definition) is 5. The van der Waals surface area contributed by atoms with Crippen LogP contribution in [0.15, 0.2) is 10.5 Å². The maximum Gasteiger partial charge on any atom is 0.289 e. The molecule has 0 aromatic carbocycles. The number of H-pyrrole nitrogens is 1. The number of tetrazole rings is 1. The third-order valence-corrected chi connectivity index (χ3v) is 3.95. The van der Waals surface area contributed by atoms with Crippen LogP contribution in [0, 0.1) is 6.92 Å². The first-order valence-corrected chi connectivity index (χ1v) is 7.31. The normalized spacial score (nSPS) is 19.0. The molecule has 2 aromatic heterocycles. The molecule has 0 saturated carbocycles. The summed E-state index contributed by atoms with van der Waals surface area (Å²) in [5, 5.41) is 14.1. The molecule has 7 nitrogen and oxygen atoms in total. The Kier molecular flexibility index (Phi) is 3.72. The highest BCUT2D eigenvalue weighted by atomic mass is 16.4. The van der Waals surface area contributed by atoms with Crippen molar-refractivity contribution in [2.24, 2.45) is 0 Å². The fraction of sp³-hybridized carbons (Fsp3) is 0.571. The van der Waals surface area contributed by atoms with Gasteiger partial charge in [-0.1, -0.05) is 12.1 Å². The van der Waals surface area contributed by atoms with Gasteiger partial charge in [0.25, 0.3) is 5.91 Å². The number of amides is 1. The average molecular weight is 289 g/mol. The minimum atomic E-state index is -0.0413. The van der Waals surface area contributed by atoms with Gasteiger partial charge in [0.2, 0.25) is 0 Å². The van der Waals surface area contributed by atoms with Crippen molar-refractivity contribution >= 4 is 5.91 Å². The molecule has 0 unspecified atom stereocenters. The van der Waals surface area contributed by atoms with Crippen molar-refractivity contribution in [1.82, 2.24) is 25.5 Å². The first-order valence-electron chi connectivity index (χ1n) is 7.31. The molecule has 2 aromatic rings. The zero-order valence-corrected chi connectivity index (χ0v) is 12.3. The molecule has 3 heterocycles. The summed E-state index contributed by atoms with van der Waals surface area (Å²) in [6.45, 7) is 5.28. The van der Waals surface area contributed by atoms with Crippen LogP contribution in [0.4, 0.5) is 0 Å². The standard InChI is InChI=1S/C14H19N5O2/c1-3-11-7-9(2)12(21-11)14(20)19-6-4-5-10(8-19)13-15-17-18-16-13/h7,10H,3-6,8H2,1-2H3,(H,15,16,17,18)/t10-/m0/s1. The molecular weight excluding hydrogens is 270 g/mol. The van der Waals surface area contributed by atoms with Crippen LogP contribution in [0.1, 0.15) is 53.4 Å². The number of piperidine rings is 1. The highest BCUT2D eigenvalue weighted by Crippen LogP contribution is 2.26. The molecule has 0 bridgehead atoms. The second-order valence-corrected chi connectivity index (χ2v) is 5.44. The van der Waals surface area contributed by atoms with Crippen LogP contribution in [-0.2, 0) is 6.42 Å². The lowest BCUT2D eigenvalue weighted by Gasteiger charge is -2.30. The Balaban J connectivity index is 1.76. The van der Waals surface area contributed by atoms with E-state index in [9.17, 15) is 4.79 Å². The first-order chi connectivity index (χ1) is 10.2. The molecule has 1 N–H and O–H groups in total. The van der Waals surface area contributed by atoms with Crippen molar-refractivity contribution < 1.29 is 9.21 Å². The Morgan fingerprint density at radius 2 is 2.43 bits per heavy atom. The number of aryl methyl sites for hydroxylation is 2. The zero-order valence-electron chi connectivity index (χ0n) is 12.3. The van der Waals surface area contributed by atoms with Gasteiger partial charge in [-0.2, -0.15) is 5.21 Å². The fourth-order valence-corrected chi connectivity index (χ4v) is 2.79. The average Bonchev–Trinajstić information content (AvgIpc) is 3.16. The SMILES string of the molecule is CCc1cc(C)c(C(=O)N2CCC[C@H](c3nn[nH]n3)C2)o1. The van der Waals surface area contributed by atoms with Crippen molar-refractivity contribution in [3.8, 4) is 0 Å². The summed E-state index contributed by atoms with van der Waals surface area (Å²) in [4.78, 5) is 14.5. The summed E-state index contributed by atoms with van der Waals surface area (Å²) in [7, 11) is 0. The van der Waals surface area contributed by atoms with Crippen LogP contribution in [0.5, 0.6) is 0 Å². The molecule has 7 heteroatoms. The largest absolute Gasteiger partial charge is 0.456 e. The maximum absolute atomic E-state index is 12.6. The topological polar surface area (TPSA) is 87.9 Å². The van der Waals surface area contributed by atoms with E-state index in [1.807, 2.05) is 24.8 Å². The van der Waals surface area contributed by atoms with E-state index >= 15 is 0 Å². The van der Waals surface area contributed by atoms with Crippen molar-refractivity contribution in [3.05, 3.63) is 29.0 Å². The van der Waals surface area contributed by atoms with E-state index in [0.29, 0.717) is 18.1 Å². The van der Waals surface area contributed by atoms with Gasteiger partial charge in [-0.25, -0.2) is 0 Å². The zero-order chi connectivity index (χ0) is 14.8.